The van der Waals surface area contributed by atoms with Crippen molar-refractivity contribution in [3.63, 3.8) is 0 Å². The van der Waals surface area contributed by atoms with Crippen molar-refractivity contribution in [1.29, 1.82) is 0 Å². The molecule has 1 atom stereocenters. The Hall–Kier alpha value is -1.04. The Morgan fingerprint density at radius 2 is 2.10 bits per heavy atom. The summed E-state index contributed by atoms with van der Waals surface area (Å²) in [6, 6.07) is 7.55. The fourth-order valence-corrected chi connectivity index (χ4v) is 2.55. The van der Waals surface area contributed by atoms with Gasteiger partial charge in [0.25, 0.3) is 0 Å². The third kappa shape index (κ3) is 6.50. The monoisotopic (exact) mass is 309 g/mol. The predicted octanol–water partition coefficient (Wildman–Crippen LogP) is 2.55. The smallest absolute Gasteiger partial charge is 0.241 e. The van der Waals surface area contributed by atoms with Crippen LogP contribution in [0.1, 0.15) is 25.8 Å². The fraction of sp³-hybridized carbons (Fsp3) is 0.562. The minimum atomic E-state index is -0.441. The van der Waals surface area contributed by atoms with E-state index in [2.05, 4.69) is 30.1 Å². The molecule has 1 aromatic rings. The van der Waals surface area contributed by atoms with Crippen molar-refractivity contribution in [1.82, 2.24) is 4.90 Å². The van der Waals surface area contributed by atoms with E-state index in [1.807, 2.05) is 24.5 Å². The lowest BCUT2D eigenvalue weighted by Gasteiger charge is -2.18. The molecule has 0 fully saturated rings. The van der Waals surface area contributed by atoms with Crippen LogP contribution in [0.2, 0.25) is 0 Å². The van der Waals surface area contributed by atoms with E-state index in [9.17, 15) is 4.79 Å². The molecule has 0 bridgehead atoms. The lowest BCUT2D eigenvalue weighted by atomic mass is 10.1. The standard InChI is InChI=1S/C16H27N3OS/c1-4-19(5-2)12-13-7-6-8-14(11-13)18-16(20)15(17)9-10-21-3/h6-8,11,15H,4-5,9-10,12,17H2,1-3H3,(H,18,20)/t15-/m0/s1. The maximum atomic E-state index is 12.0. The van der Waals surface area contributed by atoms with Gasteiger partial charge in [-0.15, -0.1) is 0 Å². The van der Waals surface area contributed by atoms with Crippen LogP contribution >= 0.6 is 11.8 Å². The summed E-state index contributed by atoms with van der Waals surface area (Å²) in [5.74, 6) is 0.792. The molecule has 0 aliphatic heterocycles. The lowest BCUT2D eigenvalue weighted by molar-refractivity contribution is -0.117. The molecule has 0 heterocycles. The highest BCUT2D eigenvalue weighted by Crippen LogP contribution is 2.13. The summed E-state index contributed by atoms with van der Waals surface area (Å²) in [6.07, 6.45) is 2.72. The first-order valence-electron chi connectivity index (χ1n) is 7.47. The van der Waals surface area contributed by atoms with Crippen molar-refractivity contribution in [3.05, 3.63) is 29.8 Å². The van der Waals surface area contributed by atoms with E-state index in [0.29, 0.717) is 6.42 Å². The van der Waals surface area contributed by atoms with E-state index < -0.39 is 6.04 Å². The zero-order valence-corrected chi connectivity index (χ0v) is 14.1. The van der Waals surface area contributed by atoms with E-state index in [4.69, 9.17) is 5.73 Å². The molecule has 0 aliphatic carbocycles. The van der Waals surface area contributed by atoms with Gasteiger partial charge in [-0.05, 0) is 49.2 Å². The molecule has 3 N–H and O–H groups in total. The van der Waals surface area contributed by atoms with Gasteiger partial charge in [0, 0.05) is 12.2 Å². The van der Waals surface area contributed by atoms with Crippen LogP contribution in [0.4, 0.5) is 5.69 Å². The predicted molar refractivity (Wildman–Crippen MR) is 92.7 cm³/mol. The van der Waals surface area contributed by atoms with Gasteiger partial charge in [-0.3, -0.25) is 9.69 Å². The van der Waals surface area contributed by atoms with Crippen molar-refractivity contribution in [3.8, 4) is 0 Å². The Morgan fingerprint density at radius 3 is 2.71 bits per heavy atom. The van der Waals surface area contributed by atoms with Gasteiger partial charge >= 0.3 is 0 Å². The molecule has 1 rings (SSSR count). The molecular weight excluding hydrogens is 282 g/mol. The van der Waals surface area contributed by atoms with Crippen molar-refractivity contribution < 1.29 is 4.79 Å². The Bertz CT molecular complexity index is 435. The van der Waals surface area contributed by atoms with Crippen LogP contribution in [0.15, 0.2) is 24.3 Å². The van der Waals surface area contributed by atoms with Crippen LogP contribution in [0, 0.1) is 0 Å². The van der Waals surface area contributed by atoms with Gasteiger partial charge in [-0.1, -0.05) is 26.0 Å². The largest absolute Gasteiger partial charge is 0.325 e. The summed E-state index contributed by atoms with van der Waals surface area (Å²) in [5, 5.41) is 2.91. The van der Waals surface area contributed by atoms with Crippen LogP contribution in [-0.2, 0) is 11.3 Å². The molecule has 0 saturated heterocycles. The highest BCUT2D eigenvalue weighted by molar-refractivity contribution is 7.98. The summed E-state index contributed by atoms with van der Waals surface area (Å²) < 4.78 is 0. The summed E-state index contributed by atoms with van der Waals surface area (Å²) >= 11 is 1.70. The van der Waals surface area contributed by atoms with Gasteiger partial charge in [0.2, 0.25) is 5.91 Å². The molecule has 1 aromatic carbocycles. The zero-order chi connectivity index (χ0) is 15.7. The number of nitrogens with one attached hydrogen (secondary N) is 1. The van der Waals surface area contributed by atoms with Crippen molar-refractivity contribution in [2.75, 3.05) is 30.4 Å². The van der Waals surface area contributed by atoms with Gasteiger partial charge in [0.15, 0.2) is 0 Å². The molecule has 118 valence electrons. The van der Waals surface area contributed by atoms with Crippen LogP contribution in [0.25, 0.3) is 0 Å². The molecule has 0 unspecified atom stereocenters. The second-order valence-corrected chi connectivity index (χ2v) is 6.02. The average molecular weight is 309 g/mol. The molecule has 21 heavy (non-hydrogen) atoms. The van der Waals surface area contributed by atoms with E-state index in [0.717, 1.165) is 31.1 Å². The topological polar surface area (TPSA) is 58.4 Å². The Morgan fingerprint density at radius 1 is 1.38 bits per heavy atom. The minimum absolute atomic E-state index is 0.107. The van der Waals surface area contributed by atoms with Gasteiger partial charge in [-0.2, -0.15) is 11.8 Å². The SMILES string of the molecule is CCN(CC)Cc1cccc(NC(=O)[C@@H](N)CCSC)c1. The quantitative estimate of drug-likeness (QED) is 0.736. The number of hydrogen-bond donors (Lipinski definition) is 2. The average Bonchev–Trinajstić information content (AvgIpc) is 2.50. The summed E-state index contributed by atoms with van der Waals surface area (Å²) in [6.45, 7) is 7.24. The number of benzene rings is 1. The summed E-state index contributed by atoms with van der Waals surface area (Å²) in [5.41, 5.74) is 7.91. The van der Waals surface area contributed by atoms with Crippen molar-refractivity contribution >= 4 is 23.4 Å². The van der Waals surface area contributed by atoms with Gasteiger partial charge in [0.1, 0.15) is 0 Å². The number of carbonyl (C=O) groups is 1. The fourth-order valence-electron chi connectivity index (χ4n) is 2.06. The highest BCUT2D eigenvalue weighted by Gasteiger charge is 2.13. The number of carbonyl (C=O) groups excluding carboxylic acids is 1. The van der Waals surface area contributed by atoms with Crippen molar-refractivity contribution in [2.45, 2.75) is 32.9 Å². The van der Waals surface area contributed by atoms with E-state index in [1.165, 1.54) is 5.56 Å². The van der Waals surface area contributed by atoms with Gasteiger partial charge < -0.3 is 11.1 Å². The summed E-state index contributed by atoms with van der Waals surface area (Å²) in [4.78, 5) is 14.3. The molecule has 1 amide bonds. The number of amides is 1. The van der Waals surface area contributed by atoms with Crippen LogP contribution < -0.4 is 11.1 Å². The van der Waals surface area contributed by atoms with E-state index in [1.54, 1.807) is 11.8 Å². The normalized spacial score (nSPS) is 12.4. The molecule has 0 saturated carbocycles. The first kappa shape index (κ1) is 18.0. The zero-order valence-electron chi connectivity index (χ0n) is 13.3. The van der Waals surface area contributed by atoms with E-state index >= 15 is 0 Å². The second kappa shape index (κ2) is 9.82. The number of anilines is 1. The number of nitrogens with two attached hydrogens (primary N) is 1. The summed E-state index contributed by atoms with van der Waals surface area (Å²) in [7, 11) is 0. The number of hydrogen-bond acceptors (Lipinski definition) is 4. The minimum Gasteiger partial charge on any atom is -0.325 e. The molecule has 0 radical (unpaired) electrons. The maximum Gasteiger partial charge on any atom is 0.241 e. The molecule has 0 aliphatic rings. The number of rotatable bonds is 9. The molecule has 5 heteroatoms. The van der Waals surface area contributed by atoms with Crippen molar-refractivity contribution in [2.24, 2.45) is 5.73 Å². The lowest BCUT2D eigenvalue weighted by Crippen LogP contribution is -2.36. The Balaban J connectivity index is 2.61. The molecule has 4 nitrogen and oxygen atoms in total. The highest BCUT2D eigenvalue weighted by atomic mass is 32.2. The molecule has 0 aromatic heterocycles. The number of nitrogens with zero attached hydrogens (tertiary/aromatic N) is 1. The molecular formula is C16H27N3OS. The van der Waals surface area contributed by atoms with Crippen LogP contribution in [0.3, 0.4) is 0 Å². The van der Waals surface area contributed by atoms with Gasteiger partial charge in [-0.25, -0.2) is 0 Å². The maximum absolute atomic E-state index is 12.0. The van der Waals surface area contributed by atoms with Gasteiger partial charge in [0.05, 0.1) is 6.04 Å². The van der Waals surface area contributed by atoms with Crippen LogP contribution in [0.5, 0.6) is 0 Å². The van der Waals surface area contributed by atoms with E-state index in [-0.39, 0.29) is 5.91 Å². The third-order valence-electron chi connectivity index (χ3n) is 3.46. The molecule has 0 spiro atoms. The Kier molecular flexibility index (Phi) is 8.42. The second-order valence-electron chi connectivity index (χ2n) is 5.04. The first-order valence-corrected chi connectivity index (χ1v) is 8.86. The number of thioether (sulfide) groups is 1. The van der Waals surface area contributed by atoms with Crippen LogP contribution in [-0.4, -0.2) is 41.9 Å². The third-order valence-corrected chi connectivity index (χ3v) is 4.11. The Labute approximate surface area is 132 Å². The first-order chi connectivity index (χ1) is 10.1.